The van der Waals surface area contributed by atoms with Crippen LogP contribution in [0.15, 0.2) is 30.3 Å². The van der Waals surface area contributed by atoms with Gasteiger partial charge in [0.05, 0.1) is 23.5 Å². The van der Waals surface area contributed by atoms with Gasteiger partial charge in [0.1, 0.15) is 0 Å². The fourth-order valence-electron chi connectivity index (χ4n) is 2.69. The van der Waals surface area contributed by atoms with Crippen LogP contribution in [0.2, 0.25) is 0 Å². The lowest BCUT2D eigenvalue weighted by Crippen LogP contribution is -2.25. The van der Waals surface area contributed by atoms with E-state index in [1.807, 2.05) is 30.3 Å². The number of aryl methyl sites for hydroxylation is 1. The van der Waals surface area contributed by atoms with Crippen molar-refractivity contribution in [2.75, 3.05) is 5.73 Å². The van der Waals surface area contributed by atoms with Gasteiger partial charge in [0.25, 0.3) is 0 Å². The third-order valence-electron chi connectivity index (χ3n) is 3.80. The van der Waals surface area contributed by atoms with Crippen LogP contribution in [0.25, 0.3) is 5.65 Å². The van der Waals surface area contributed by atoms with Crippen LogP contribution in [0.5, 0.6) is 0 Å². The van der Waals surface area contributed by atoms with Crippen molar-refractivity contribution in [3.8, 4) is 11.8 Å². The number of hydrogen-bond acceptors (Lipinski definition) is 7. The summed E-state index contributed by atoms with van der Waals surface area (Å²) in [6.45, 7) is 8.83. The van der Waals surface area contributed by atoms with E-state index in [4.69, 9.17) is 14.8 Å². The van der Waals surface area contributed by atoms with Gasteiger partial charge in [-0.05, 0) is 46.8 Å². The van der Waals surface area contributed by atoms with Crippen LogP contribution in [0.1, 0.15) is 44.5 Å². The van der Waals surface area contributed by atoms with Crippen molar-refractivity contribution in [1.29, 1.82) is 0 Å². The first-order valence-corrected chi connectivity index (χ1v) is 10.8. The monoisotopic (exact) mass is 413 g/mol. The van der Waals surface area contributed by atoms with Gasteiger partial charge in [0, 0.05) is 5.56 Å². The standard InChI is InChI=1S/C20H24N5O3P/c1-13(2)27-29(26,28-14(3)4)20-18(21)25-19(22-23-20)17(15(5)24-25)12-11-16-9-7-6-8-10-16/h6-10,13-14H,21H2,1-5H3. The molecule has 3 rings (SSSR count). The number of nitrogens with two attached hydrogens (primary N) is 1. The van der Waals surface area contributed by atoms with E-state index in [2.05, 4.69) is 27.1 Å². The number of anilines is 1. The molecular formula is C20H24N5O3P. The van der Waals surface area contributed by atoms with Crippen LogP contribution in [-0.4, -0.2) is 32.0 Å². The molecule has 0 aliphatic rings. The zero-order valence-corrected chi connectivity index (χ0v) is 18.0. The fraction of sp³-hybridized carbons (Fsp3) is 0.350. The largest absolute Gasteiger partial charge is 0.385 e. The molecule has 9 heteroatoms. The van der Waals surface area contributed by atoms with E-state index in [1.54, 1.807) is 34.6 Å². The quantitative estimate of drug-likeness (QED) is 0.506. The summed E-state index contributed by atoms with van der Waals surface area (Å²) in [6.07, 6.45) is -0.716. The number of fused-ring (bicyclic) bond motifs is 1. The molecule has 0 unspecified atom stereocenters. The first-order valence-electron chi connectivity index (χ1n) is 9.27. The van der Waals surface area contributed by atoms with Gasteiger partial charge >= 0.3 is 7.60 Å². The second-order valence-electron chi connectivity index (χ2n) is 7.03. The van der Waals surface area contributed by atoms with Crippen LogP contribution < -0.4 is 11.2 Å². The van der Waals surface area contributed by atoms with Gasteiger partial charge in [-0.3, -0.25) is 4.57 Å². The molecule has 8 nitrogen and oxygen atoms in total. The summed E-state index contributed by atoms with van der Waals surface area (Å²) < 4.78 is 26.0. The average molecular weight is 413 g/mol. The third kappa shape index (κ3) is 4.48. The second kappa shape index (κ2) is 8.34. The normalized spacial score (nSPS) is 11.8. The Balaban J connectivity index is 2.12. The average Bonchev–Trinajstić information content (AvgIpc) is 2.96. The van der Waals surface area contributed by atoms with E-state index in [0.29, 0.717) is 16.9 Å². The molecule has 152 valence electrons. The van der Waals surface area contributed by atoms with E-state index in [9.17, 15) is 4.57 Å². The molecule has 2 heterocycles. The molecule has 0 atom stereocenters. The Hall–Kier alpha value is -2.72. The smallest absolute Gasteiger partial charge is 0.381 e. The van der Waals surface area contributed by atoms with Crippen LogP contribution in [0.3, 0.4) is 0 Å². The van der Waals surface area contributed by atoms with Crippen LogP contribution >= 0.6 is 7.60 Å². The van der Waals surface area contributed by atoms with Crippen molar-refractivity contribution in [2.24, 2.45) is 0 Å². The highest BCUT2D eigenvalue weighted by Crippen LogP contribution is 2.49. The van der Waals surface area contributed by atoms with Crippen molar-refractivity contribution in [3.05, 3.63) is 47.2 Å². The predicted octanol–water partition coefficient (Wildman–Crippen LogP) is 3.08. The molecule has 0 saturated carbocycles. The van der Waals surface area contributed by atoms with Gasteiger partial charge in [-0.2, -0.15) is 9.61 Å². The lowest BCUT2D eigenvalue weighted by atomic mass is 10.2. The zero-order chi connectivity index (χ0) is 21.2. The molecule has 0 saturated heterocycles. The molecule has 0 bridgehead atoms. The molecule has 0 aliphatic heterocycles. The highest BCUT2D eigenvalue weighted by molar-refractivity contribution is 7.62. The SMILES string of the molecule is Cc1nn2c(N)c(P(=O)(OC(C)C)OC(C)C)nnc2c1C#Cc1ccccc1. The maximum atomic E-state index is 13.4. The van der Waals surface area contributed by atoms with Crippen LogP contribution in [0, 0.1) is 18.8 Å². The topological polar surface area (TPSA) is 105 Å². The summed E-state index contributed by atoms with van der Waals surface area (Å²) >= 11 is 0. The number of aromatic nitrogens is 4. The van der Waals surface area contributed by atoms with Crippen molar-refractivity contribution in [3.63, 3.8) is 0 Å². The molecule has 1 aromatic carbocycles. The molecule has 2 aromatic heterocycles. The van der Waals surface area contributed by atoms with Crippen molar-refractivity contribution in [2.45, 2.75) is 46.8 Å². The summed E-state index contributed by atoms with van der Waals surface area (Å²) in [5, 5.41) is 12.7. The second-order valence-corrected chi connectivity index (χ2v) is 8.87. The van der Waals surface area contributed by atoms with Gasteiger partial charge < -0.3 is 14.8 Å². The van der Waals surface area contributed by atoms with E-state index in [1.165, 1.54) is 4.52 Å². The minimum Gasteiger partial charge on any atom is -0.381 e. The fourth-order valence-corrected chi connectivity index (χ4v) is 4.58. The molecule has 0 radical (unpaired) electrons. The first kappa shape index (κ1) is 21.0. The molecule has 29 heavy (non-hydrogen) atoms. The number of hydrogen-bond donors (Lipinski definition) is 1. The summed E-state index contributed by atoms with van der Waals surface area (Å²) in [5.74, 6) is 6.21. The van der Waals surface area contributed by atoms with Crippen molar-refractivity contribution >= 4 is 24.5 Å². The van der Waals surface area contributed by atoms with Crippen LogP contribution in [-0.2, 0) is 13.6 Å². The zero-order valence-electron chi connectivity index (χ0n) is 17.1. The van der Waals surface area contributed by atoms with E-state index < -0.39 is 7.60 Å². The summed E-state index contributed by atoms with van der Waals surface area (Å²) in [4.78, 5) is 0. The van der Waals surface area contributed by atoms with Crippen molar-refractivity contribution < 1.29 is 13.6 Å². The lowest BCUT2D eigenvalue weighted by molar-refractivity contribution is 0.149. The molecule has 0 fully saturated rings. The Labute approximate surface area is 170 Å². The Morgan fingerprint density at radius 1 is 1.03 bits per heavy atom. The van der Waals surface area contributed by atoms with E-state index in [0.717, 1.165) is 5.56 Å². The third-order valence-corrected chi connectivity index (χ3v) is 6.03. The summed E-state index contributed by atoms with van der Waals surface area (Å²) in [5.41, 5.74) is 8.69. The number of benzene rings is 1. The number of nitrogen functional groups attached to an aromatic ring is 1. The van der Waals surface area contributed by atoms with Gasteiger partial charge in [-0.15, -0.1) is 10.2 Å². The molecular weight excluding hydrogens is 389 g/mol. The summed E-state index contributed by atoms with van der Waals surface area (Å²) in [6, 6.07) is 9.58. The lowest BCUT2D eigenvalue weighted by Gasteiger charge is -2.22. The van der Waals surface area contributed by atoms with E-state index in [-0.39, 0.29) is 23.5 Å². The maximum Gasteiger partial charge on any atom is 0.385 e. The first-order chi connectivity index (χ1) is 13.7. The van der Waals surface area contributed by atoms with Gasteiger partial charge in [-0.1, -0.05) is 30.0 Å². The maximum absolute atomic E-state index is 13.4. The van der Waals surface area contributed by atoms with E-state index >= 15 is 0 Å². The molecule has 3 aromatic rings. The Morgan fingerprint density at radius 2 is 1.66 bits per heavy atom. The highest BCUT2D eigenvalue weighted by Gasteiger charge is 2.36. The van der Waals surface area contributed by atoms with Gasteiger partial charge in [0.2, 0.25) is 5.44 Å². The molecule has 0 aliphatic carbocycles. The van der Waals surface area contributed by atoms with Crippen LogP contribution in [0.4, 0.5) is 5.82 Å². The Morgan fingerprint density at radius 3 is 2.24 bits per heavy atom. The summed E-state index contributed by atoms with van der Waals surface area (Å²) in [7, 11) is -3.79. The number of rotatable bonds is 5. The predicted molar refractivity (Wildman–Crippen MR) is 112 cm³/mol. The minimum atomic E-state index is -3.79. The van der Waals surface area contributed by atoms with Gasteiger partial charge in [0.15, 0.2) is 11.5 Å². The molecule has 0 amide bonds. The minimum absolute atomic E-state index is 0.0514. The van der Waals surface area contributed by atoms with Crippen molar-refractivity contribution in [1.82, 2.24) is 19.8 Å². The highest BCUT2D eigenvalue weighted by atomic mass is 31.2. The number of nitrogens with zero attached hydrogens (tertiary/aromatic N) is 4. The Kier molecular flexibility index (Phi) is 6.04. The molecule has 0 spiro atoms. The molecule has 2 N–H and O–H groups in total. The Bertz CT molecular complexity index is 1120. The van der Waals surface area contributed by atoms with Gasteiger partial charge in [-0.25, -0.2) is 0 Å².